The van der Waals surface area contributed by atoms with Crippen molar-refractivity contribution < 1.29 is 4.79 Å². The van der Waals surface area contributed by atoms with Gasteiger partial charge >= 0.3 is 0 Å². The number of carbonyl (C=O) groups excluding carboxylic acids is 1. The third-order valence-corrected chi connectivity index (χ3v) is 4.64. The molecule has 5 N–H and O–H groups in total. The molecule has 0 saturated carbocycles. The maximum Gasteiger partial charge on any atom is 0.251 e. The smallest absolute Gasteiger partial charge is 0.251 e. The number of rotatable bonds is 7. The summed E-state index contributed by atoms with van der Waals surface area (Å²) in [5.41, 5.74) is 7.99. The standard InChI is InChI=1S/C22H30N8O/c1-15(2)27-22(31)17-12-18(28-21(14-17)30-10-8-25-9-11-30)16-4-7-26-20(13-16)29-19(23)5-6-24-3/h4-7,12-15,24-25H,8-11H2,1-3H3,(H,27,31)(H2,23,26,29)/b6-5-. The van der Waals surface area contributed by atoms with Gasteiger partial charge in [-0.15, -0.1) is 0 Å². The van der Waals surface area contributed by atoms with Gasteiger partial charge in [0.2, 0.25) is 0 Å². The number of aliphatic imine (C=N–C) groups is 1. The zero-order chi connectivity index (χ0) is 22.2. The van der Waals surface area contributed by atoms with E-state index in [0.717, 1.165) is 37.6 Å². The van der Waals surface area contributed by atoms with E-state index >= 15 is 0 Å². The molecular weight excluding hydrogens is 392 g/mol. The largest absolute Gasteiger partial charge is 0.394 e. The topological polar surface area (TPSA) is 121 Å². The second kappa shape index (κ2) is 10.5. The summed E-state index contributed by atoms with van der Waals surface area (Å²) in [6.07, 6.45) is 5.02. The number of hydrogen-bond acceptors (Lipinski definition) is 7. The van der Waals surface area contributed by atoms with Crippen molar-refractivity contribution in [1.29, 1.82) is 0 Å². The number of nitrogens with zero attached hydrogens (tertiary/aromatic N) is 4. The highest BCUT2D eigenvalue weighted by Crippen LogP contribution is 2.25. The Morgan fingerprint density at radius 1 is 1.29 bits per heavy atom. The molecule has 0 radical (unpaired) electrons. The fourth-order valence-corrected chi connectivity index (χ4v) is 3.17. The minimum atomic E-state index is -0.121. The first kappa shape index (κ1) is 22.2. The molecule has 1 aliphatic heterocycles. The maximum atomic E-state index is 12.8. The average Bonchev–Trinajstić information content (AvgIpc) is 2.77. The molecule has 0 spiro atoms. The van der Waals surface area contributed by atoms with E-state index in [2.05, 4.69) is 30.8 Å². The summed E-state index contributed by atoms with van der Waals surface area (Å²) in [6, 6.07) is 7.37. The van der Waals surface area contributed by atoms with Crippen LogP contribution in [0.5, 0.6) is 0 Å². The molecule has 0 aromatic carbocycles. The number of nitrogens with two attached hydrogens (primary N) is 1. The Balaban J connectivity index is 2.00. The summed E-state index contributed by atoms with van der Waals surface area (Å²) in [5.74, 6) is 1.46. The molecule has 2 aromatic heterocycles. The average molecular weight is 423 g/mol. The Morgan fingerprint density at radius 3 is 2.77 bits per heavy atom. The number of piperazine rings is 1. The van der Waals surface area contributed by atoms with Crippen molar-refractivity contribution in [3.63, 3.8) is 0 Å². The number of nitrogens with one attached hydrogen (secondary N) is 3. The van der Waals surface area contributed by atoms with Crippen LogP contribution in [0.2, 0.25) is 0 Å². The van der Waals surface area contributed by atoms with Gasteiger partial charge in [0, 0.05) is 56.6 Å². The third-order valence-electron chi connectivity index (χ3n) is 4.64. The van der Waals surface area contributed by atoms with Gasteiger partial charge in [-0.05, 0) is 50.4 Å². The minimum Gasteiger partial charge on any atom is -0.394 e. The van der Waals surface area contributed by atoms with Crippen LogP contribution in [0.15, 0.2) is 47.7 Å². The molecule has 1 amide bonds. The molecule has 1 saturated heterocycles. The first-order valence-corrected chi connectivity index (χ1v) is 10.4. The van der Waals surface area contributed by atoms with E-state index in [9.17, 15) is 4.79 Å². The lowest BCUT2D eigenvalue weighted by Crippen LogP contribution is -2.44. The first-order chi connectivity index (χ1) is 15.0. The first-order valence-electron chi connectivity index (χ1n) is 10.4. The van der Waals surface area contributed by atoms with Gasteiger partial charge in [0.05, 0.1) is 5.69 Å². The summed E-state index contributed by atoms with van der Waals surface area (Å²) in [7, 11) is 1.78. The Labute approximate surface area is 182 Å². The lowest BCUT2D eigenvalue weighted by Gasteiger charge is -2.29. The summed E-state index contributed by atoms with van der Waals surface area (Å²) in [6.45, 7) is 7.32. The van der Waals surface area contributed by atoms with Crippen LogP contribution in [0.3, 0.4) is 0 Å². The van der Waals surface area contributed by atoms with Crippen molar-refractivity contribution in [3.8, 4) is 11.3 Å². The van der Waals surface area contributed by atoms with Crippen LogP contribution in [-0.4, -0.2) is 61.0 Å². The van der Waals surface area contributed by atoms with E-state index in [-0.39, 0.29) is 11.9 Å². The van der Waals surface area contributed by atoms with Gasteiger partial charge < -0.3 is 26.6 Å². The number of carbonyl (C=O) groups is 1. The highest BCUT2D eigenvalue weighted by Gasteiger charge is 2.17. The summed E-state index contributed by atoms with van der Waals surface area (Å²) in [4.78, 5) is 28.4. The van der Waals surface area contributed by atoms with Crippen molar-refractivity contribution in [3.05, 3.63) is 48.3 Å². The molecule has 0 aliphatic carbocycles. The molecule has 0 unspecified atom stereocenters. The van der Waals surface area contributed by atoms with Crippen LogP contribution in [0.1, 0.15) is 24.2 Å². The van der Waals surface area contributed by atoms with E-state index in [1.807, 2.05) is 32.0 Å². The van der Waals surface area contributed by atoms with Crippen LogP contribution < -0.4 is 26.6 Å². The fourth-order valence-electron chi connectivity index (χ4n) is 3.17. The van der Waals surface area contributed by atoms with Crippen molar-refractivity contribution in [2.24, 2.45) is 10.7 Å². The number of anilines is 1. The van der Waals surface area contributed by atoms with E-state index in [0.29, 0.717) is 22.9 Å². The highest BCUT2D eigenvalue weighted by molar-refractivity contribution is 5.96. The second-order valence-electron chi connectivity index (χ2n) is 7.53. The molecule has 3 rings (SSSR count). The Kier molecular flexibility index (Phi) is 7.55. The van der Waals surface area contributed by atoms with Crippen molar-refractivity contribution in [2.75, 3.05) is 38.1 Å². The lowest BCUT2D eigenvalue weighted by molar-refractivity contribution is 0.0943. The normalized spacial score (nSPS) is 14.8. The van der Waals surface area contributed by atoms with E-state index < -0.39 is 0 Å². The molecule has 31 heavy (non-hydrogen) atoms. The molecule has 164 valence electrons. The van der Waals surface area contributed by atoms with Gasteiger partial charge in [0.25, 0.3) is 5.91 Å². The van der Waals surface area contributed by atoms with Crippen LogP contribution in [0.4, 0.5) is 11.6 Å². The third kappa shape index (κ3) is 6.26. The summed E-state index contributed by atoms with van der Waals surface area (Å²) in [5, 5.41) is 9.17. The van der Waals surface area contributed by atoms with Crippen LogP contribution in [0, 0.1) is 0 Å². The highest BCUT2D eigenvalue weighted by atomic mass is 16.1. The molecule has 9 nitrogen and oxygen atoms in total. The molecule has 3 heterocycles. The van der Waals surface area contributed by atoms with E-state index in [4.69, 9.17) is 10.7 Å². The van der Waals surface area contributed by atoms with Gasteiger partial charge in [0.1, 0.15) is 11.7 Å². The minimum absolute atomic E-state index is 0.0438. The van der Waals surface area contributed by atoms with Gasteiger partial charge in [-0.2, -0.15) is 0 Å². The molecule has 9 heteroatoms. The number of hydrogen-bond donors (Lipinski definition) is 4. The van der Waals surface area contributed by atoms with E-state index in [1.54, 1.807) is 31.6 Å². The summed E-state index contributed by atoms with van der Waals surface area (Å²) < 4.78 is 0. The Bertz CT molecular complexity index is 964. The SMILES string of the molecule is CN/C=C\C(N)=Nc1cc(-c2cc(C(=O)NC(C)C)cc(N3CCNCC3)n2)ccn1. The molecule has 0 atom stereocenters. The van der Waals surface area contributed by atoms with Crippen LogP contribution in [0.25, 0.3) is 11.3 Å². The zero-order valence-corrected chi connectivity index (χ0v) is 18.2. The summed E-state index contributed by atoms with van der Waals surface area (Å²) >= 11 is 0. The Morgan fingerprint density at radius 2 is 2.06 bits per heavy atom. The predicted molar refractivity (Wildman–Crippen MR) is 125 cm³/mol. The Hall–Kier alpha value is -3.46. The monoisotopic (exact) mass is 422 g/mol. The van der Waals surface area contributed by atoms with Gasteiger partial charge in [-0.25, -0.2) is 15.0 Å². The molecule has 1 aliphatic rings. The number of amidine groups is 1. The quantitative estimate of drug-likeness (QED) is 0.393. The van der Waals surface area contributed by atoms with Gasteiger partial charge in [-0.3, -0.25) is 4.79 Å². The zero-order valence-electron chi connectivity index (χ0n) is 18.2. The molecule has 1 fully saturated rings. The van der Waals surface area contributed by atoms with Crippen molar-refractivity contribution in [2.45, 2.75) is 19.9 Å². The molecule has 0 bridgehead atoms. The van der Waals surface area contributed by atoms with Gasteiger partial charge in [0.15, 0.2) is 5.82 Å². The van der Waals surface area contributed by atoms with Crippen molar-refractivity contribution >= 4 is 23.4 Å². The fraction of sp³-hybridized carbons (Fsp3) is 0.364. The molecular formula is C22H30N8O. The van der Waals surface area contributed by atoms with Crippen molar-refractivity contribution in [1.82, 2.24) is 25.9 Å². The lowest BCUT2D eigenvalue weighted by atomic mass is 10.1. The molecule has 2 aromatic rings. The van der Waals surface area contributed by atoms with Crippen LogP contribution >= 0.6 is 0 Å². The number of pyridine rings is 2. The second-order valence-corrected chi connectivity index (χ2v) is 7.53. The number of amides is 1. The van der Waals surface area contributed by atoms with E-state index in [1.165, 1.54) is 0 Å². The number of aromatic nitrogens is 2. The maximum absolute atomic E-state index is 12.8. The van der Waals surface area contributed by atoms with Gasteiger partial charge in [-0.1, -0.05) is 0 Å². The van der Waals surface area contributed by atoms with Crippen LogP contribution in [-0.2, 0) is 0 Å². The predicted octanol–water partition coefficient (Wildman–Crippen LogP) is 1.41.